The summed E-state index contributed by atoms with van der Waals surface area (Å²) < 4.78 is 9.33. The monoisotopic (exact) mass is 129 g/mol. The van der Waals surface area contributed by atoms with Gasteiger partial charge in [0, 0.05) is 0 Å². The SMILES string of the molecule is O=[P](O)(O)[Ti]. The van der Waals surface area contributed by atoms with Crippen LogP contribution in [0.1, 0.15) is 0 Å². The summed E-state index contributed by atoms with van der Waals surface area (Å²) in [5.74, 6) is 0. The van der Waals surface area contributed by atoms with E-state index in [1.54, 1.807) is 0 Å². The van der Waals surface area contributed by atoms with Crippen LogP contribution in [0.4, 0.5) is 0 Å². The number of hydrogen-bond donors (Lipinski definition) is 2. The fraction of sp³-hybridized carbons (Fsp3) is 0. The molecule has 0 fully saturated rings. The summed E-state index contributed by atoms with van der Waals surface area (Å²) >= 11 is 0.854. The maximum absolute atomic E-state index is 9.33. The van der Waals surface area contributed by atoms with Crippen LogP contribution in [0.3, 0.4) is 0 Å². The molecule has 0 aromatic heterocycles. The van der Waals surface area contributed by atoms with E-state index in [2.05, 4.69) is 0 Å². The van der Waals surface area contributed by atoms with Gasteiger partial charge in [0.05, 0.1) is 0 Å². The fourth-order valence-corrected chi connectivity index (χ4v) is 0. The van der Waals surface area contributed by atoms with Crippen LogP contribution in [-0.2, 0) is 24.5 Å². The Kier molecular flexibility index (Phi) is 1.81. The van der Waals surface area contributed by atoms with Gasteiger partial charge < -0.3 is 0 Å². The van der Waals surface area contributed by atoms with Crippen molar-refractivity contribution in [3.8, 4) is 0 Å². The molecular formula is H2O3PTi. The van der Waals surface area contributed by atoms with Gasteiger partial charge >= 0.3 is 39.9 Å². The van der Waals surface area contributed by atoms with Crippen LogP contribution in [-0.4, -0.2) is 9.79 Å². The zero-order chi connectivity index (χ0) is 4.50. The summed E-state index contributed by atoms with van der Waals surface area (Å²) in [4.78, 5) is 15.3. The molecule has 5 heavy (non-hydrogen) atoms. The molecule has 0 aliphatic carbocycles. The average molecular weight is 129 g/mol. The van der Waals surface area contributed by atoms with Crippen molar-refractivity contribution in [3.05, 3.63) is 0 Å². The van der Waals surface area contributed by atoms with Crippen molar-refractivity contribution in [3.63, 3.8) is 0 Å². The van der Waals surface area contributed by atoms with Crippen LogP contribution in [0.5, 0.6) is 0 Å². The first-order valence-electron chi connectivity index (χ1n) is 0.806. The molecule has 0 aliphatic rings. The molecular weight excluding hydrogens is 127 g/mol. The predicted molar refractivity (Wildman–Crippen MR) is 12.0 cm³/mol. The van der Waals surface area contributed by atoms with Crippen molar-refractivity contribution in [2.24, 2.45) is 0 Å². The van der Waals surface area contributed by atoms with Gasteiger partial charge in [-0.25, -0.2) is 0 Å². The van der Waals surface area contributed by atoms with Gasteiger partial charge in [-0.15, -0.1) is 0 Å². The molecule has 0 unspecified atom stereocenters. The van der Waals surface area contributed by atoms with Gasteiger partial charge in [-0.2, -0.15) is 0 Å². The molecule has 0 saturated heterocycles. The molecule has 0 atom stereocenters. The molecule has 3 nitrogen and oxygen atoms in total. The molecule has 0 aromatic carbocycles. The standard InChI is InChI=1S/HO3P.Ti/c1-4(2)3;/h(H-,1,2,3);/q;-1/p+1. The van der Waals surface area contributed by atoms with Crippen LogP contribution in [0.2, 0.25) is 0 Å². The van der Waals surface area contributed by atoms with Gasteiger partial charge in [0.15, 0.2) is 0 Å². The molecule has 0 radical (unpaired) electrons. The number of hydrogen-bond acceptors (Lipinski definition) is 1. The van der Waals surface area contributed by atoms with Crippen LogP contribution in [0.25, 0.3) is 0 Å². The first-order chi connectivity index (χ1) is 2.00. The van der Waals surface area contributed by atoms with Crippen LogP contribution >= 0.6 is 5.59 Å². The number of rotatable bonds is 0. The van der Waals surface area contributed by atoms with E-state index in [-0.39, 0.29) is 0 Å². The quantitative estimate of drug-likeness (QED) is 0.346. The Hall–Kier alpha value is 0.864. The third kappa shape index (κ3) is 53.4. The van der Waals surface area contributed by atoms with E-state index in [1.807, 2.05) is 0 Å². The van der Waals surface area contributed by atoms with E-state index in [0.29, 0.717) is 0 Å². The summed E-state index contributed by atoms with van der Waals surface area (Å²) in [7, 11) is 0. The van der Waals surface area contributed by atoms with Gasteiger partial charge in [0.25, 0.3) is 0 Å². The average Bonchev–Trinajstić information content (AvgIpc) is 0.722. The second-order valence-electron chi connectivity index (χ2n) is 0.544. The molecule has 0 bridgehead atoms. The summed E-state index contributed by atoms with van der Waals surface area (Å²) in [6.07, 6.45) is 0. The van der Waals surface area contributed by atoms with Gasteiger partial charge in [0.1, 0.15) is 0 Å². The molecule has 29 valence electrons. The molecule has 0 aromatic rings. The maximum atomic E-state index is 9.33. The topological polar surface area (TPSA) is 57.5 Å². The first-order valence-corrected chi connectivity index (χ1v) is 4.51. The van der Waals surface area contributed by atoms with Crippen molar-refractivity contribution in [1.82, 2.24) is 0 Å². The summed E-state index contributed by atoms with van der Waals surface area (Å²) in [5.41, 5.74) is -3.64. The molecule has 0 heterocycles. The van der Waals surface area contributed by atoms with E-state index in [9.17, 15) is 4.57 Å². The van der Waals surface area contributed by atoms with E-state index >= 15 is 0 Å². The second kappa shape index (κ2) is 1.54. The molecule has 0 rings (SSSR count). The third-order valence-corrected chi connectivity index (χ3v) is 0. The molecule has 0 aliphatic heterocycles. The Labute approximate surface area is 40.4 Å². The van der Waals surface area contributed by atoms with Crippen LogP contribution in [0, 0.1) is 0 Å². The van der Waals surface area contributed by atoms with Gasteiger partial charge in [0.2, 0.25) is 0 Å². The second-order valence-corrected chi connectivity index (χ2v) is 4.36. The Morgan fingerprint density at radius 2 is 1.60 bits per heavy atom. The third-order valence-electron chi connectivity index (χ3n) is 0. The van der Waals surface area contributed by atoms with E-state index < -0.39 is 5.59 Å². The predicted octanol–water partition coefficient (Wildman–Crippen LogP) is -0.374. The summed E-state index contributed by atoms with van der Waals surface area (Å²) in [5, 5.41) is 0. The van der Waals surface area contributed by atoms with Crippen molar-refractivity contribution >= 4 is 5.59 Å². The van der Waals surface area contributed by atoms with Crippen molar-refractivity contribution in [2.75, 3.05) is 0 Å². The molecule has 2 N–H and O–H groups in total. The van der Waals surface area contributed by atoms with E-state index in [0.717, 1.165) is 19.9 Å². The Bertz CT molecular complexity index is 53.0. The summed E-state index contributed by atoms with van der Waals surface area (Å²) in [6.45, 7) is 0. The van der Waals surface area contributed by atoms with Gasteiger partial charge in [-0.1, -0.05) is 0 Å². The van der Waals surface area contributed by atoms with Crippen LogP contribution in [0.15, 0.2) is 0 Å². The Morgan fingerprint density at radius 1 is 1.60 bits per heavy atom. The summed E-state index contributed by atoms with van der Waals surface area (Å²) in [6, 6.07) is 0. The molecule has 0 amide bonds. The van der Waals surface area contributed by atoms with E-state index in [4.69, 9.17) is 9.79 Å². The molecule has 0 saturated carbocycles. The zero-order valence-corrected chi connectivity index (χ0v) is 4.71. The minimum absolute atomic E-state index is 0.854. The Morgan fingerprint density at radius 3 is 1.60 bits per heavy atom. The first kappa shape index (κ1) is 5.86. The normalized spacial score (nSPS) is 11.4. The Balaban J connectivity index is 3.47. The zero-order valence-electron chi connectivity index (χ0n) is 2.25. The molecule has 0 spiro atoms. The minimum atomic E-state index is -3.64. The van der Waals surface area contributed by atoms with E-state index in [1.165, 1.54) is 0 Å². The fourth-order valence-electron chi connectivity index (χ4n) is 0. The van der Waals surface area contributed by atoms with Gasteiger partial charge in [-0.05, 0) is 0 Å². The van der Waals surface area contributed by atoms with Crippen molar-refractivity contribution in [1.29, 1.82) is 0 Å². The van der Waals surface area contributed by atoms with Crippen molar-refractivity contribution < 1.29 is 34.3 Å². The van der Waals surface area contributed by atoms with Gasteiger partial charge in [-0.3, -0.25) is 0 Å². The van der Waals surface area contributed by atoms with Crippen LogP contribution < -0.4 is 0 Å². The molecule has 5 heteroatoms. The van der Waals surface area contributed by atoms with Crippen molar-refractivity contribution in [2.45, 2.75) is 0 Å².